The molecule has 32 heavy (non-hydrogen) atoms. The second-order valence-corrected chi connectivity index (χ2v) is 9.09. The van der Waals surface area contributed by atoms with Crippen molar-refractivity contribution in [3.63, 3.8) is 0 Å². The van der Waals surface area contributed by atoms with Crippen LogP contribution in [0.25, 0.3) is 16.7 Å². The van der Waals surface area contributed by atoms with Crippen molar-refractivity contribution in [3.05, 3.63) is 77.7 Å². The lowest BCUT2D eigenvalue weighted by molar-refractivity contribution is -0.119. The highest BCUT2D eigenvalue weighted by molar-refractivity contribution is 8.00. The summed E-state index contributed by atoms with van der Waals surface area (Å²) in [4.78, 5) is 21.4. The van der Waals surface area contributed by atoms with Gasteiger partial charge in [0.25, 0.3) is 0 Å². The first-order valence-electron chi connectivity index (χ1n) is 11.0. The van der Waals surface area contributed by atoms with Crippen LogP contribution in [0.2, 0.25) is 0 Å². The molecule has 162 valence electrons. The van der Waals surface area contributed by atoms with Gasteiger partial charge in [-0.15, -0.1) is 0 Å². The van der Waals surface area contributed by atoms with Crippen molar-refractivity contribution in [2.75, 3.05) is 5.75 Å². The smallest absolute Gasteiger partial charge is 0.230 e. The highest BCUT2D eigenvalue weighted by Crippen LogP contribution is 2.27. The van der Waals surface area contributed by atoms with E-state index >= 15 is 0 Å². The number of para-hydroxylation sites is 1. The number of amides is 1. The van der Waals surface area contributed by atoms with E-state index in [4.69, 9.17) is 0 Å². The monoisotopic (exact) mass is 443 g/mol. The molecule has 4 aromatic rings. The molecule has 0 saturated carbocycles. The predicted molar refractivity (Wildman–Crippen MR) is 127 cm³/mol. The van der Waals surface area contributed by atoms with Gasteiger partial charge in [0.2, 0.25) is 5.91 Å². The van der Waals surface area contributed by atoms with Gasteiger partial charge in [-0.25, -0.2) is 14.6 Å². The highest BCUT2D eigenvalue weighted by Gasteiger charge is 2.16. The molecule has 0 saturated heterocycles. The van der Waals surface area contributed by atoms with Crippen molar-refractivity contribution in [1.29, 1.82) is 0 Å². The molecule has 5 rings (SSSR count). The second kappa shape index (κ2) is 9.12. The fraction of sp³-hybridized carbons (Fsp3) is 0.280. The van der Waals surface area contributed by atoms with Crippen LogP contribution < -0.4 is 5.32 Å². The number of benzene rings is 2. The summed E-state index contributed by atoms with van der Waals surface area (Å²) in [6, 6.07) is 16.5. The van der Waals surface area contributed by atoms with Gasteiger partial charge in [0.15, 0.2) is 5.65 Å². The Hall–Kier alpha value is -3.19. The number of hydrogen-bond acceptors (Lipinski definition) is 5. The van der Waals surface area contributed by atoms with E-state index in [2.05, 4.69) is 38.6 Å². The van der Waals surface area contributed by atoms with E-state index < -0.39 is 0 Å². The average molecular weight is 444 g/mol. The van der Waals surface area contributed by atoms with E-state index in [0.29, 0.717) is 0 Å². The first-order valence-corrected chi connectivity index (χ1v) is 12.0. The quantitative estimate of drug-likeness (QED) is 0.346. The van der Waals surface area contributed by atoms with Crippen LogP contribution in [0, 0.1) is 0 Å². The van der Waals surface area contributed by atoms with E-state index in [1.807, 2.05) is 37.3 Å². The second-order valence-electron chi connectivity index (χ2n) is 8.12. The minimum absolute atomic E-state index is 0.0116. The van der Waals surface area contributed by atoms with E-state index in [0.717, 1.165) is 33.7 Å². The zero-order chi connectivity index (χ0) is 21.9. The van der Waals surface area contributed by atoms with Crippen molar-refractivity contribution >= 4 is 28.7 Å². The van der Waals surface area contributed by atoms with Gasteiger partial charge in [0.1, 0.15) is 11.4 Å². The molecule has 2 aromatic heterocycles. The lowest BCUT2D eigenvalue weighted by Gasteiger charge is -2.20. The number of nitrogens with one attached hydrogen (secondary N) is 1. The summed E-state index contributed by atoms with van der Waals surface area (Å²) < 4.78 is 1.79. The molecule has 0 unspecified atom stereocenters. The van der Waals surface area contributed by atoms with E-state index in [-0.39, 0.29) is 17.7 Å². The summed E-state index contributed by atoms with van der Waals surface area (Å²) in [7, 11) is 0. The topological polar surface area (TPSA) is 72.7 Å². The fourth-order valence-electron chi connectivity index (χ4n) is 4.22. The maximum Gasteiger partial charge on any atom is 0.230 e. The molecule has 0 fully saturated rings. The van der Waals surface area contributed by atoms with Crippen LogP contribution in [-0.4, -0.2) is 31.4 Å². The van der Waals surface area contributed by atoms with Crippen molar-refractivity contribution in [2.45, 2.75) is 43.7 Å². The minimum atomic E-state index is -0.0263. The van der Waals surface area contributed by atoms with Gasteiger partial charge in [-0.05, 0) is 61.4 Å². The van der Waals surface area contributed by atoms with Gasteiger partial charge in [0.05, 0.1) is 29.1 Å². The summed E-state index contributed by atoms with van der Waals surface area (Å²) in [5.41, 5.74) is 5.73. The number of thioether (sulfide) groups is 1. The molecule has 7 heteroatoms. The van der Waals surface area contributed by atoms with Crippen molar-refractivity contribution < 1.29 is 4.79 Å². The van der Waals surface area contributed by atoms with Gasteiger partial charge >= 0.3 is 0 Å². The minimum Gasteiger partial charge on any atom is -0.349 e. The Morgan fingerprint density at radius 1 is 1.09 bits per heavy atom. The fourth-order valence-corrected chi connectivity index (χ4v) is 4.99. The maximum absolute atomic E-state index is 12.7. The molecular formula is C25H25N5OS. The first kappa shape index (κ1) is 20.7. The van der Waals surface area contributed by atoms with Gasteiger partial charge in [-0.3, -0.25) is 4.79 Å². The highest BCUT2D eigenvalue weighted by atomic mass is 32.2. The average Bonchev–Trinajstić information content (AvgIpc) is 3.28. The molecule has 1 N–H and O–H groups in total. The molecule has 0 radical (unpaired) electrons. The Kier molecular flexibility index (Phi) is 5.90. The Bertz CT molecular complexity index is 1250. The zero-order valence-electron chi connectivity index (χ0n) is 18.0. The molecular weight excluding hydrogens is 418 g/mol. The van der Waals surface area contributed by atoms with E-state index in [1.54, 1.807) is 10.9 Å². The number of rotatable bonds is 6. The van der Waals surface area contributed by atoms with Crippen LogP contribution in [0.5, 0.6) is 0 Å². The Labute approximate surface area is 191 Å². The summed E-state index contributed by atoms with van der Waals surface area (Å²) >= 11 is 1.41. The summed E-state index contributed by atoms with van der Waals surface area (Å²) in [6.07, 6.45) is 8.12. The van der Waals surface area contributed by atoms with Crippen molar-refractivity contribution in [3.8, 4) is 5.69 Å². The number of aryl methyl sites for hydroxylation is 2. The third-order valence-electron chi connectivity index (χ3n) is 5.92. The first-order chi connectivity index (χ1) is 15.7. The maximum atomic E-state index is 12.7. The molecule has 0 bridgehead atoms. The number of fused-ring (bicyclic) bond motifs is 2. The SMILES string of the molecule is C[C@H](NC(=O)CSc1ncnc2c1cnn2-c1ccccc1)c1ccc2c(c1)CCCC2. The molecule has 1 aliphatic carbocycles. The number of carbonyl (C=O) groups excluding carboxylic acids is 1. The van der Waals surface area contributed by atoms with Gasteiger partial charge in [0, 0.05) is 0 Å². The predicted octanol–water partition coefficient (Wildman–Crippen LogP) is 4.66. The molecule has 1 amide bonds. The van der Waals surface area contributed by atoms with Crippen LogP contribution >= 0.6 is 11.8 Å². The summed E-state index contributed by atoms with van der Waals surface area (Å²) in [5, 5.41) is 9.21. The third-order valence-corrected chi connectivity index (χ3v) is 6.93. The van der Waals surface area contributed by atoms with Crippen molar-refractivity contribution in [1.82, 2.24) is 25.1 Å². The lowest BCUT2D eigenvalue weighted by Crippen LogP contribution is -2.28. The normalized spacial score (nSPS) is 14.2. The van der Waals surface area contributed by atoms with Crippen LogP contribution in [0.4, 0.5) is 0 Å². The Morgan fingerprint density at radius 2 is 1.91 bits per heavy atom. The molecule has 0 spiro atoms. The third kappa shape index (κ3) is 4.25. The van der Waals surface area contributed by atoms with Crippen LogP contribution in [0.15, 0.2) is 66.1 Å². The zero-order valence-corrected chi connectivity index (χ0v) is 18.8. The van der Waals surface area contributed by atoms with E-state index in [9.17, 15) is 4.79 Å². The van der Waals surface area contributed by atoms with Crippen LogP contribution in [-0.2, 0) is 17.6 Å². The van der Waals surface area contributed by atoms with Gasteiger partial charge in [-0.1, -0.05) is 48.2 Å². The Balaban J connectivity index is 1.26. The molecule has 1 aliphatic rings. The molecule has 0 aliphatic heterocycles. The molecule has 2 heterocycles. The molecule has 1 atom stereocenters. The number of hydrogen-bond donors (Lipinski definition) is 1. The van der Waals surface area contributed by atoms with Crippen LogP contribution in [0.1, 0.15) is 42.5 Å². The molecule has 2 aromatic carbocycles. The van der Waals surface area contributed by atoms with Gasteiger partial charge < -0.3 is 5.32 Å². The standard InChI is InChI=1S/C25H25N5OS/c1-17(19-12-11-18-7-5-6-8-20(18)13-19)29-23(31)15-32-25-22-14-28-30(24(22)26-16-27-25)21-9-3-2-4-10-21/h2-4,9-14,16-17H,5-8,15H2,1H3,(H,29,31)/t17-/m0/s1. The lowest BCUT2D eigenvalue weighted by atomic mass is 9.89. The number of aromatic nitrogens is 4. The van der Waals surface area contributed by atoms with Crippen LogP contribution in [0.3, 0.4) is 0 Å². The summed E-state index contributed by atoms with van der Waals surface area (Å²) in [6.45, 7) is 2.04. The Morgan fingerprint density at radius 3 is 2.75 bits per heavy atom. The number of nitrogens with zero attached hydrogens (tertiary/aromatic N) is 4. The molecule has 6 nitrogen and oxygen atoms in total. The van der Waals surface area contributed by atoms with Gasteiger partial charge in [-0.2, -0.15) is 5.10 Å². The largest absolute Gasteiger partial charge is 0.349 e. The summed E-state index contributed by atoms with van der Waals surface area (Å²) in [5.74, 6) is 0.278. The number of carbonyl (C=O) groups is 1. The van der Waals surface area contributed by atoms with E-state index in [1.165, 1.54) is 48.5 Å². The van der Waals surface area contributed by atoms with Crippen molar-refractivity contribution in [2.24, 2.45) is 0 Å².